The maximum absolute atomic E-state index is 12.5. The summed E-state index contributed by atoms with van der Waals surface area (Å²) >= 11 is 7.60. The third-order valence-electron chi connectivity index (χ3n) is 4.35. The number of aromatic hydroxyl groups is 1. The van der Waals surface area contributed by atoms with E-state index in [0.29, 0.717) is 11.6 Å². The number of nitrogens with zero attached hydrogens (tertiary/aromatic N) is 2. The normalized spacial score (nSPS) is 10.8. The fourth-order valence-electron chi connectivity index (χ4n) is 2.92. The Kier molecular flexibility index (Phi) is 5.33. The zero-order chi connectivity index (χ0) is 20.4. The number of aromatic nitrogens is 2. The number of pyridine rings is 1. The van der Waals surface area contributed by atoms with Crippen molar-refractivity contribution < 1.29 is 14.6 Å². The minimum absolute atomic E-state index is 0.122. The molecular formula is C21H16ClN3O3S. The quantitative estimate of drug-likeness (QED) is 0.475. The van der Waals surface area contributed by atoms with Gasteiger partial charge in [0.25, 0.3) is 5.91 Å². The molecule has 0 saturated carbocycles. The van der Waals surface area contributed by atoms with Crippen LogP contribution in [0.25, 0.3) is 10.2 Å². The number of amides is 1. The van der Waals surface area contributed by atoms with E-state index >= 15 is 0 Å². The number of hydrogen-bond acceptors (Lipinski definition) is 6. The van der Waals surface area contributed by atoms with Crippen molar-refractivity contribution in [3.05, 3.63) is 76.6 Å². The van der Waals surface area contributed by atoms with Gasteiger partial charge in [-0.2, -0.15) is 0 Å². The van der Waals surface area contributed by atoms with Crippen LogP contribution in [0, 0.1) is 0 Å². The van der Waals surface area contributed by atoms with Crippen molar-refractivity contribution in [2.45, 2.75) is 6.42 Å². The van der Waals surface area contributed by atoms with E-state index in [1.165, 1.54) is 30.7 Å². The summed E-state index contributed by atoms with van der Waals surface area (Å²) in [4.78, 5) is 20.9. The molecule has 146 valence electrons. The molecule has 2 heterocycles. The molecule has 4 rings (SSSR count). The zero-order valence-corrected chi connectivity index (χ0v) is 16.9. The summed E-state index contributed by atoms with van der Waals surface area (Å²) in [5, 5.41) is 13.9. The molecule has 0 aliphatic rings. The third kappa shape index (κ3) is 4.01. The molecule has 0 saturated heterocycles. The molecule has 6 nitrogen and oxygen atoms in total. The van der Waals surface area contributed by atoms with Crippen LogP contribution in [0.2, 0.25) is 5.02 Å². The number of rotatable bonds is 5. The molecule has 1 amide bonds. The predicted octanol–water partition coefficient (Wildman–Crippen LogP) is 4.90. The monoisotopic (exact) mass is 425 g/mol. The number of methoxy groups -OCH3 is 1. The van der Waals surface area contributed by atoms with Crippen molar-refractivity contribution in [2.24, 2.45) is 0 Å². The van der Waals surface area contributed by atoms with E-state index in [-0.39, 0.29) is 17.2 Å². The topological polar surface area (TPSA) is 84.3 Å². The highest BCUT2D eigenvalue weighted by molar-refractivity contribution is 7.22. The Morgan fingerprint density at radius 2 is 2.07 bits per heavy atom. The summed E-state index contributed by atoms with van der Waals surface area (Å²) in [5.74, 6) is -0.689. The van der Waals surface area contributed by atoms with Gasteiger partial charge in [0.15, 0.2) is 22.3 Å². The number of ether oxygens (including phenoxy) is 1. The minimum atomic E-state index is -0.559. The summed E-state index contributed by atoms with van der Waals surface area (Å²) < 4.78 is 5.95. The van der Waals surface area contributed by atoms with Crippen LogP contribution in [0.15, 0.2) is 54.7 Å². The molecule has 0 atom stereocenters. The standard InChI is InChI=1S/C21H16ClN3O3S/c1-28-16-8-9-23-18(19(16)26)20(27)25-21-24-15-7-6-12(11-17(15)29-21)10-13-4-2-3-5-14(13)22/h2-9,11,26H,10H2,1H3,(H,24,25,27). The van der Waals surface area contributed by atoms with Crippen molar-refractivity contribution in [3.8, 4) is 11.5 Å². The molecule has 8 heteroatoms. The Bertz CT molecular complexity index is 1210. The first-order chi connectivity index (χ1) is 14.0. The van der Waals surface area contributed by atoms with E-state index in [9.17, 15) is 9.90 Å². The van der Waals surface area contributed by atoms with Crippen molar-refractivity contribution >= 4 is 44.2 Å². The Morgan fingerprint density at radius 3 is 2.86 bits per heavy atom. The van der Waals surface area contributed by atoms with Gasteiger partial charge in [-0.05, 0) is 35.7 Å². The van der Waals surface area contributed by atoms with Crippen LogP contribution < -0.4 is 10.1 Å². The first-order valence-corrected chi connectivity index (χ1v) is 9.91. The average molecular weight is 426 g/mol. The van der Waals surface area contributed by atoms with Gasteiger partial charge in [-0.1, -0.05) is 47.2 Å². The molecule has 4 aromatic rings. The highest BCUT2D eigenvalue weighted by atomic mass is 35.5. The molecule has 0 bridgehead atoms. The van der Waals surface area contributed by atoms with Crippen LogP contribution in [0.1, 0.15) is 21.6 Å². The lowest BCUT2D eigenvalue weighted by molar-refractivity contribution is 0.101. The van der Waals surface area contributed by atoms with Crippen LogP contribution in [0.3, 0.4) is 0 Å². The first kappa shape index (κ1) is 19.2. The molecule has 2 aromatic carbocycles. The Hall–Kier alpha value is -3.16. The van der Waals surface area contributed by atoms with Crippen molar-refractivity contribution in [1.82, 2.24) is 9.97 Å². The average Bonchev–Trinajstić information content (AvgIpc) is 3.11. The molecule has 0 spiro atoms. The van der Waals surface area contributed by atoms with Crippen LogP contribution in [0.5, 0.6) is 11.5 Å². The van der Waals surface area contributed by atoms with Gasteiger partial charge in [-0.25, -0.2) is 9.97 Å². The maximum Gasteiger partial charge on any atom is 0.280 e. The highest BCUT2D eigenvalue weighted by Crippen LogP contribution is 2.31. The number of thiazole rings is 1. The van der Waals surface area contributed by atoms with Gasteiger partial charge in [0, 0.05) is 17.3 Å². The molecule has 0 aliphatic heterocycles. The highest BCUT2D eigenvalue weighted by Gasteiger charge is 2.18. The van der Waals surface area contributed by atoms with Gasteiger partial charge in [-0.15, -0.1) is 0 Å². The summed E-state index contributed by atoms with van der Waals surface area (Å²) in [7, 11) is 1.41. The second kappa shape index (κ2) is 8.06. The lowest BCUT2D eigenvalue weighted by Crippen LogP contribution is -2.13. The van der Waals surface area contributed by atoms with Gasteiger partial charge >= 0.3 is 0 Å². The van der Waals surface area contributed by atoms with Crippen molar-refractivity contribution in [3.63, 3.8) is 0 Å². The maximum atomic E-state index is 12.5. The Balaban J connectivity index is 1.56. The first-order valence-electron chi connectivity index (χ1n) is 8.71. The van der Waals surface area contributed by atoms with Crippen LogP contribution >= 0.6 is 22.9 Å². The molecule has 2 N–H and O–H groups in total. The largest absolute Gasteiger partial charge is 0.503 e. The van der Waals surface area contributed by atoms with Gasteiger partial charge in [-0.3, -0.25) is 10.1 Å². The zero-order valence-electron chi connectivity index (χ0n) is 15.3. The molecule has 0 aliphatic carbocycles. The van der Waals surface area contributed by atoms with Crippen LogP contribution in [0.4, 0.5) is 5.13 Å². The van der Waals surface area contributed by atoms with Crippen LogP contribution in [-0.2, 0) is 6.42 Å². The van der Waals surface area contributed by atoms with E-state index < -0.39 is 5.91 Å². The molecule has 2 aromatic heterocycles. The second-order valence-corrected chi connectivity index (χ2v) is 7.69. The smallest absolute Gasteiger partial charge is 0.280 e. The van der Waals surface area contributed by atoms with E-state index in [0.717, 1.165) is 26.4 Å². The van der Waals surface area contributed by atoms with Crippen molar-refractivity contribution in [1.29, 1.82) is 0 Å². The fraction of sp³-hybridized carbons (Fsp3) is 0.0952. The predicted molar refractivity (Wildman–Crippen MR) is 114 cm³/mol. The number of anilines is 1. The number of nitrogens with one attached hydrogen (secondary N) is 1. The number of hydrogen-bond donors (Lipinski definition) is 2. The van der Waals surface area contributed by atoms with Gasteiger partial charge < -0.3 is 9.84 Å². The molecule has 0 radical (unpaired) electrons. The fourth-order valence-corrected chi connectivity index (χ4v) is 4.04. The molecule has 0 unspecified atom stereocenters. The van der Waals surface area contributed by atoms with E-state index in [1.807, 2.05) is 42.5 Å². The number of benzene rings is 2. The van der Waals surface area contributed by atoms with E-state index in [4.69, 9.17) is 16.3 Å². The number of carbonyl (C=O) groups excluding carboxylic acids is 1. The van der Waals surface area contributed by atoms with Gasteiger partial charge in [0.2, 0.25) is 0 Å². The lowest BCUT2D eigenvalue weighted by Gasteiger charge is -2.06. The second-order valence-electron chi connectivity index (χ2n) is 6.25. The van der Waals surface area contributed by atoms with E-state index in [2.05, 4.69) is 15.3 Å². The van der Waals surface area contributed by atoms with Gasteiger partial charge in [0.05, 0.1) is 17.3 Å². The summed E-state index contributed by atoms with van der Waals surface area (Å²) in [6.45, 7) is 0. The SMILES string of the molecule is COc1ccnc(C(=O)Nc2nc3ccc(Cc4ccccc4Cl)cc3s2)c1O. The molecule has 29 heavy (non-hydrogen) atoms. The summed E-state index contributed by atoms with van der Waals surface area (Å²) in [6, 6.07) is 15.2. The van der Waals surface area contributed by atoms with Crippen molar-refractivity contribution in [2.75, 3.05) is 12.4 Å². The third-order valence-corrected chi connectivity index (χ3v) is 5.65. The Morgan fingerprint density at radius 1 is 1.24 bits per heavy atom. The summed E-state index contributed by atoms with van der Waals surface area (Å²) in [5.41, 5.74) is 2.80. The minimum Gasteiger partial charge on any atom is -0.503 e. The lowest BCUT2D eigenvalue weighted by atomic mass is 10.1. The number of halogens is 1. The van der Waals surface area contributed by atoms with Crippen LogP contribution in [-0.4, -0.2) is 28.1 Å². The number of carbonyl (C=O) groups is 1. The molecule has 0 fully saturated rings. The van der Waals surface area contributed by atoms with E-state index in [1.54, 1.807) is 0 Å². The Labute approximate surface area is 175 Å². The number of fused-ring (bicyclic) bond motifs is 1. The summed E-state index contributed by atoms with van der Waals surface area (Å²) in [6.07, 6.45) is 2.10. The van der Waals surface area contributed by atoms with Gasteiger partial charge in [0.1, 0.15) is 0 Å². The molecular weight excluding hydrogens is 410 g/mol.